The molecular weight excluding hydrogens is 239 g/mol. The van der Waals surface area contributed by atoms with Crippen molar-refractivity contribution < 1.29 is 19.0 Å². The minimum Gasteiger partial charge on any atom is -0.478 e. The Balaban J connectivity index is 2.35. The van der Waals surface area contributed by atoms with E-state index in [2.05, 4.69) is 10.2 Å². The van der Waals surface area contributed by atoms with Crippen molar-refractivity contribution >= 4 is 5.97 Å². The van der Waals surface area contributed by atoms with Gasteiger partial charge in [0.05, 0.1) is 5.69 Å². The maximum Gasteiger partial charge on any atom is 0.339 e. The molecule has 1 N–H and O–H groups in total. The van der Waals surface area contributed by atoms with Gasteiger partial charge in [-0.3, -0.25) is 0 Å². The SMILES string of the molecule is Cc1ccc(Oc2cc(F)ccc2C(=O)O)nn1. The molecule has 0 spiro atoms. The van der Waals surface area contributed by atoms with Crippen molar-refractivity contribution in [2.24, 2.45) is 0 Å². The first-order chi connectivity index (χ1) is 8.56. The van der Waals surface area contributed by atoms with Crippen LogP contribution in [0.4, 0.5) is 4.39 Å². The van der Waals surface area contributed by atoms with Gasteiger partial charge in [-0.15, -0.1) is 5.10 Å². The summed E-state index contributed by atoms with van der Waals surface area (Å²) in [5, 5.41) is 16.4. The highest BCUT2D eigenvalue weighted by Gasteiger charge is 2.13. The molecule has 0 aliphatic carbocycles. The van der Waals surface area contributed by atoms with E-state index < -0.39 is 11.8 Å². The van der Waals surface area contributed by atoms with Crippen molar-refractivity contribution in [3.63, 3.8) is 0 Å². The topological polar surface area (TPSA) is 72.3 Å². The van der Waals surface area contributed by atoms with Gasteiger partial charge in [-0.1, -0.05) is 0 Å². The van der Waals surface area contributed by atoms with Crippen molar-refractivity contribution in [3.05, 3.63) is 47.4 Å². The molecule has 6 heteroatoms. The van der Waals surface area contributed by atoms with Crippen molar-refractivity contribution in [1.82, 2.24) is 10.2 Å². The standard InChI is InChI=1S/C12H9FN2O3/c1-7-2-5-11(15-14-7)18-10-6-8(13)3-4-9(10)12(16)17/h2-6H,1H3,(H,16,17). The summed E-state index contributed by atoms with van der Waals surface area (Å²) in [6, 6.07) is 6.36. The lowest BCUT2D eigenvalue weighted by molar-refractivity contribution is 0.0694. The number of aromatic nitrogens is 2. The van der Waals surface area contributed by atoms with Gasteiger partial charge < -0.3 is 9.84 Å². The maximum atomic E-state index is 13.1. The van der Waals surface area contributed by atoms with E-state index in [0.717, 1.165) is 18.2 Å². The summed E-state index contributed by atoms with van der Waals surface area (Å²) in [5.74, 6) is -1.80. The number of aromatic carboxylic acids is 1. The molecule has 0 atom stereocenters. The molecular formula is C12H9FN2O3. The number of halogens is 1. The Bertz CT molecular complexity index is 584. The Morgan fingerprint density at radius 2 is 2.06 bits per heavy atom. The largest absolute Gasteiger partial charge is 0.478 e. The monoisotopic (exact) mass is 248 g/mol. The van der Waals surface area contributed by atoms with Gasteiger partial charge in [0.25, 0.3) is 0 Å². The third-order valence-corrected chi connectivity index (χ3v) is 2.16. The van der Waals surface area contributed by atoms with Gasteiger partial charge >= 0.3 is 5.97 Å². The normalized spacial score (nSPS) is 10.1. The zero-order valence-corrected chi connectivity index (χ0v) is 9.42. The van der Waals surface area contributed by atoms with Gasteiger partial charge in [0.1, 0.15) is 17.1 Å². The minimum absolute atomic E-state index is 0.105. The van der Waals surface area contributed by atoms with Crippen LogP contribution < -0.4 is 4.74 Å². The van der Waals surface area contributed by atoms with Crippen molar-refractivity contribution in [1.29, 1.82) is 0 Å². The molecule has 1 aromatic carbocycles. The van der Waals surface area contributed by atoms with Crippen LogP contribution >= 0.6 is 0 Å². The third-order valence-electron chi connectivity index (χ3n) is 2.16. The number of carbonyl (C=O) groups is 1. The Hall–Kier alpha value is -2.50. The average molecular weight is 248 g/mol. The second-order valence-electron chi connectivity index (χ2n) is 3.56. The van der Waals surface area contributed by atoms with Gasteiger partial charge in [0.2, 0.25) is 5.88 Å². The van der Waals surface area contributed by atoms with Crippen LogP contribution in [0.15, 0.2) is 30.3 Å². The number of hydrogen-bond acceptors (Lipinski definition) is 4. The van der Waals surface area contributed by atoms with Crippen LogP contribution in [0.5, 0.6) is 11.6 Å². The van der Waals surface area contributed by atoms with Crippen molar-refractivity contribution in [3.8, 4) is 11.6 Å². The third kappa shape index (κ3) is 2.60. The predicted molar refractivity (Wildman–Crippen MR) is 60.2 cm³/mol. The van der Waals surface area contributed by atoms with Crippen LogP contribution in [0, 0.1) is 12.7 Å². The van der Waals surface area contributed by atoms with Crippen LogP contribution in [0.2, 0.25) is 0 Å². The number of carboxylic acids is 1. The first kappa shape index (κ1) is 12.0. The van der Waals surface area contributed by atoms with Crippen LogP contribution in [-0.2, 0) is 0 Å². The van der Waals surface area contributed by atoms with E-state index in [9.17, 15) is 9.18 Å². The fourth-order valence-electron chi connectivity index (χ4n) is 1.31. The lowest BCUT2D eigenvalue weighted by Crippen LogP contribution is -2.01. The quantitative estimate of drug-likeness (QED) is 0.902. The van der Waals surface area contributed by atoms with E-state index in [1.165, 1.54) is 6.07 Å². The first-order valence-corrected chi connectivity index (χ1v) is 5.07. The van der Waals surface area contributed by atoms with Gasteiger partial charge in [0.15, 0.2) is 0 Å². The van der Waals surface area contributed by atoms with E-state index >= 15 is 0 Å². The zero-order valence-electron chi connectivity index (χ0n) is 9.42. The lowest BCUT2D eigenvalue weighted by atomic mass is 10.2. The van der Waals surface area contributed by atoms with Gasteiger partial charge in [-0.2, -0.15) is 5.10 Å². The van der Waals surface area contributed by atoms with E-state index in [1.807, 2.05) is 0 Å². The summed E-state index contributed by atoms with van der Waals surface area (Å²) in [6.07, 6.45) is 0. The summed E-state index contributed by atoms with van der Waals surface area (Å²) < 4.78 is 18.3. The van der Waals surface area contributed by atoms with Crippen LogP contribution in [0.25, 0.3) is 0 Å². The summed E-state index contributed by atoms with van der Waals surface area (Å²) in [6.45, 7) is 1.75. The predicted octanol–water partition coefficient (Wildman–Crippen LogP) is 2.41. The highest BCUT2D eigenvalue weighted by atomic mass is 19.1. The van der Waals surface area contributed by atoms with Gasteiger partial charge in [0, 0.05) is 12.1 Å². The molecule has 1 heterocycles. The molecule has 1 aromatic heterocycles. The molecule has 0 amide bonds. The molecule has 0 fully saturated rings. The molecule has 18 heavy (non-hydrogen) atoms. The van der Waals surface area contributed by atoms with Crippen LogP contribution in [0.3, 0.4) is 0 Å². The van der Waals surface area contributed by atoms with Crippen molar-refractivity contribution in [2.45, 2.75) is 6.92 Å². The Morgan fingerprint density at radius 1 is 1.28 bits per heavy atom. The Kier molecular flexibility index (Phi) is 3.18. The number of benzene rings is 1. The molecule has 0 saturated carbocycles. The fourth-order valence-corrected chi connectivity index (χ4v) is 1.31. The molecule has 5 nitrogen and oxygen atoms in total. The molecule has 0 radical (unpaired) electrons. The number of carboxylic acid groups (broad SMARTS) is 1. The summed E-state index contributed by atoms with van der Waals surface area (Å²) in [4.78, 5) is 10.9. The molecule has 0 saturated heterocycles. The number of nitrogens with zero attached hydrogens (tertiary/aromatic N) is 2. The second kappa shape index (κ2) is 4.79. The van der Waals surface area contributed by atoms with E-state index in [1.54, 1.807) is 13.0 Å². The molecule has 0 unspecified atom stereocenters. The van der Waals surface area contributed by atoms with Gasteiger partial charge in [-0.05, 0) is 25.1 Å². The molecule has 0 aliphatic rings. The van der Waals surface area contributed by atoms with E-state index in [0.29, 0.717) is 5.69 Å². The number of rotatable bonds is 3. The average Bonchev–Trinajstić information content (AvgIpc) is 2.32. The highest BCUT2D eigenvalue weighted by Crippen LogP contribution is 2.24. The second-order valence-corrected chi connectivity index (χ2v) is 3.56. The number of hydrogen-bond donors (Lipinski definition) is 1. The molecule has 0 bridgehead atoms. The number of aryl methyl sites for hydroxylation is 1. The zero-order chi connectivity index (χ0) is 13.1. The lowest BCUT2D eigenvalue weighted by Gasteiger charge is -2.07. The minimum atomic E-state index is -1.20. The smallest absolute Gasteiger partial charge is 0.339 e. The summed E-state index contributed by atoms with van der Waals surface area (Å²) in [7, 11) is 0. The summed E-state index contributed by atoms with van der Waals surface area (Å²) >= 11 is 0. The van der Waals surface area contributed by atoms with Crippen molar-refractivity contribution in [2.75, 3.05) is 0 Å². The molecule has 92 valence electrons. The number of ether oxygens (including phenoxy) is 1. The van der Waals surface area contributed by atoms with E-state index in [4.69, 9.17) is 9.84 Å². The van der Waals surface area contributed by atoms with Crippen LogP contribution in [0.1, 0.15) is 16.1 Å². The molecule has 2 rings (SSSR count). The Morgan fingerprint density at radius 3 is 2.67 bits per heavy atom. The van der Waals surface area contributed by atoms with E-state index in [-0.39, 0.29) is 17.2 Å². The molecule has 0 aliphatic heterocycles. The molecule has 2 aromatic rings. The fraction of sp³-hybridized carbons (Fsp3) is 0.0833. The Labute approximate surface area is 102 Å². The van der Waals surface area contributed by atoms with Crippen LogP contribution in [-0.4, -0.2) is 21.3 Å². The van der Waals surface area contributed by atoms with Gasteiger partial charge in [-0.25, -0.2) is 9.18 Å². The summed E-state index contributed by atoms with van der Waals surface area (Å²) in [5.41, 5.74) is 0.554. The highest BCUT2D eigenvalue weighted by molar-refractivity contribution is 5.90. The maximum absolute atomic E-state index is 13.1. The first-order valence-electron chi connectivity index (χ1n) is 5.07.